The Bertz CT molecular complexity index is 528. The van der Waals surface area contributed by atoms with Gasteiger partial charge >= 0.3 is 5.97 Å². The maximum absolute atomic E-state index is 11.9. The van der Waals surface area contributed by atoms with Crippen LogP contribution in [0.15, 0.2) is 24.3 Å². The van der Waals surface area contributed by atoms with Gasteiger partial charge in [0.25, 0.3) is 0 Å². The summed E-state index contributed by atoms with van der Waals surface area (Å²) in [7, 11) is 0. The van der Waals surface area contributed by atoms with Crippen LogP contribution >= 0.6 is 11.6 Å². The van der Waals surface area contributed by atoms with Gasteiger partial charge in [-0.1, -0.05) is 23.7 Å². The molecule has 1 aliphatic rings. The fourth-order valence-electron chi connectivity index (χ4n) is 2.37. The van der Waals surface area contributed by atoms with Crippen molar-refractivity contribution in [2.24, 2.45) is 5.92 Å². The highest BCUT2D eigenvalue weighted by Gasteiger charge is 2.39. The Hall–Kier alpha value is -1.55. The zero-order chi connectivity index (χ0) is 14.8. The Labute approximate surface area is 123 Å². The lowest BCUT2D eigenvalue weighted by molar-refractivity contribution is -0.148. The van der Waals surface area contributed by atoms with Crippen molar-refractivity contribution in [2.75, 3.05) is 5.32 Å². The van der Waals surface area contributed by atoms with Crippen molar-refractivity contribution in [1.82, 2.24) is 0 Å². The molecule has 1 aliphatic heterocycles. The molecule has 1 amide bonds. The number of ether oxygens (including phenoxy) is 1. The van der Waals surface area contributed by atoms with Crippen LogP contribution in [0.5, 0.6) is 0 Å². The molecular formula is C15H18ClNO3. The number of hydrogen-bond donors (Lipinski definition) is 1. The number of nitrogens with one attached hydrogen (secondary N) is 1. The maximum atomic E-state index is 11.9. The lowest BCUT2D eigenvalue weighted by Gasteiger charge is -2.14. The zero-order valence-corrected chi connectivity index (χ0v) is 12.4. The molecule has 108 valence electrons. The zero-order valence-electron chi connectivity index (χ0n) is 11.6. The van der Waals surface area contributed by atoms with Crippen LogP contribution in [-0.2, 0) is 14.3 Å². The first kappa shape index (κ1) is 14.9. The number of benzene rings is 1. The molecule has 0 unspecified atom stereocenters. The first-order valence-corrected chi connectivity index (χ1v) is 7.02. The van der Waals surface area contributed by atoms with E-state index in [4.69, 9.17) is 16.3 Å². The maximum Gasteiger partial charge on any atom is 0.309 e. The van der Waals surface area contributed by atoms with Gasteiger partial charge in [0, 0.05) is 6.42 Å². The van der Waals surface area contributed by atoms with Gasteiger partial charge in [-0.2, -0.15) is 0 Å². The molecule has 4 nitrogen and oxygen atoms in total. The van der Waals surface area contributed by atoms with E-state index in [0.29, 0.717) is 23.6 Å². The molecule has 1 atom stereocenters. The van der Waals surface area contributed by atoms with E-state index in [-0.39, 0.29) is 24.2 Å². The molecule has 2 rings (SSSR count). The van der Waals surface area contributed by atoms with E-state index in [9.17, 15) is 9.59 Å². The number of carbonyl (C=O) groups is 2. The van der Waals surface area contributed by atoms with Crippen molar-refractivity contribution in [3.63, 3.8) is 0 Å². The third-order valence-electron chi connectivity index (χ3n) is 3.32. The molecule has 0 spiro atoms. The summed E-state index contributed by atoms with van der Waals surface area (Å²) >= 11 is 5.97. The van der Waals surface area contributed by atoms with E-state index in [1.165, 1.54) is 0 Å². The van der Waals surface area contributed by atoms with Crippen LogP contribution in [0.4, 0.5) is 5.69 Å². The summed E-state index contributed by atoms with van der Waals surface area (Å²) in [6.45, 7) is 3.77. The standard InChI is InChI=1S/C15H18ClNO3/c1-15(2)9-10(14(19)20-15)7-8-13(18)17-12-6-4-3-5-11(12)16/h3-6,10H,7-9H2,1-2H3,(H,17,18)/t10-/m0/s1. The Morgan fingerprint density at radius 3 is 2.75 bits per heavy atom. The van der Waals surface area contributed by atoms with Crippen LogP contribution in [-0.4, -0.2) is 17.5 Å². The Kier molecular flexibility index (Phi) is 4.33. The first-order chi connectivity index (χ1) is 9.37. The van der Waals surface area contributed by atoms with E-state index < -0.39 is 5.60 Å². The second-order valence-electron chi connectivity index (χ2n) is 5.65. The molecule has 1 fully saturated rings. The molecule has 1 saturated heterocycles. The van der Waals surface area contributed by atoms with Gasteiger partial charge in [-0.3, -0.25) is 9.59 Å². The van der Waals surface area contributed by atoms with Gasteiger partial charge in [0.05, 0.1) is 16.6 Å². The lowest BCUT2D eigenvalue weighted by Crippen LogP contribution is -2.17. The minimum Gasteiger partial charge on any atom is -0.459 e. The van der Waals surface area contributed by atoms with Crippen molar-refractivity contribution in [3.8, 4) is 0 Å². The molecular weight excluding hydrogens is 278 g/mol. The van der Waals surface area contributed by atoms with Gasteiger partial charge in [0.15, 0.2) is 0 Å². The topological polar surface area (TPSA) is 55.4 Å². The van der Waals surface area contributed by atoms with Crippen LogP contribution < -0.4 is 5.32 Å². The van der Waals surface area contributed by atoms with E-state index in [1.54, 1.807) is 24.3 Å². The van der Waals surface area contributed by atoms with Crippen molar-refractivity contribution < 1.29 is 14.3 Å². The average molecular weight is 296 g/mol. The first-order valence-electron chi connectivity index (χ1n) is 6.65. The van der Waals surface area contributed by atoms with Crippen LogP contribution in [0, 0.1) is 5.92 Å². The van der Waals surface area contributed by atoms with Gasteiger partial charge in [0.1, 0.15) is 5.60 Å². The SMILES string of the molecule is CC1(C)C[C@H](CCC(=O)Nc2ccccc2Cl)C(=O)O1. The highest BCUT2D eigenvalue weighted by atomic mass is 35.5. The number of anilines is 1. The van der Waals surface area contributed by atoms with Crippen molar-refractivity contribution >= 4 is 29.2 Å². The van der Waals surface area contributed by atoms with Crippen molar-refractivity contribution in [3.05, 3.63) is 29.3 Å². The molecule has 1 aromatic carbocycles. The molecule has 1 aromatic rings. The number of esters is 1. The lowest BCUT2D eigenvalue weighted by atomic mass is 9.93. The predicted molar refractivity (Wildman–Crippen MR) is 77.6 cm³/mol. The van der Waals surface area contributed by atoms with Gasteiger partial charge in [-0.25, -0.2) is 0 Å². The second kappa shape index (κ2) is 5.83. The van der Waals surface area contributed by atoms with Crippen LogP contribution in [0.3, 0.4) is 0 Å². The molecule has 5 heteroatoms. The van der Waals surface area contributed by atoms with Crippen LogP contribution in [0.1, 0.15) is 33.1 Å². The van der Waals surface area contributed by atoms with Crippen molar-refractivity contribution in [1.29, 1.82) is 0 Å². The summed E-state index contributed by atoms with van der Waals surface area (Å²) in [4.78, 5) is 23.5. The number of cyclic esters (lactones) is 1. The fraction of sp³-hybridized carbons (Fsp3) is 0.467. The largest absolute Gasteiger partial charge is 0.459 e. The number of rotatable bonds is 4. The molecule has 20 heavy (non-hydrogen) atoms. The average Bonchev–Trinajstić information content (AvgIpc) is 2.63. The quantitative estimate of drug-likeness (QED) is 0.866. The monoisotopic (exact) mass is 295 g/mol. The van der Waals surface area contributed by atoms with Crippen LogP contribution in [0.2, 0.25) is 5.02 Å². The van der Waals surface area contributed by atoms with Gasteiger partial charge in [-0.15, -0.1) is 0 Å². The van der Waals surface area contributed by atoms with Gasteiger partial charge in [-0.05, 0) is 38.8 Å². The normalized spacial score (nSPS) is 20.6. The van der Waals surface area contributed by atoms with Gasteiger partial charge in [0.2, 0.25) is 5.91 Å². The molecule has 0 bridgehead atoms. The smallest absolute Gasteiger partial charge is 0.309 e. The van der Waals surface area contributed by atoms with E-state index in [2.05, 4.69) is 5.32 Å². The number of hydrogen-bond acceptors (Lipinski definition) is 3. The van der Waals surface area contributed by atoms with E-state index >= 15 is 0 Å². The number of para-hydroxylation sites is 1. The van der Waals surface area contributed by atoms with E-state index in [0.717, 1.165) is 0 Å². The van der Waals surface area contributed by atoms with Crippen LogP contribution in [0.25, 0.3) is 0 Å². The van der Waals surface area contributed by atoms with E-state index in [1.807, 2.05) is 13.8 Å². The van der Waals surface area contributed by atoms with Gasteiger partial charge < -0.3 is 10.1 Å². The van der Waals surface area contributed by atoms with Crippen molar-refractivity contribution in [2.45, 2.75) is 38.7 Å². The fourth-order valence-corrected chi connectivity index (χ4v) is 2.56. The molecule has 1 N–H and O–H groups in total. The number of carbonyl (C=O) groups excluding carboxylic acids is 2. The summed E-state index contributed by atoms with van der Waals surface area (Å²) in [6, 6.07) is 7.06. The minimum absolute atomic E-state index is 0.143. The summed E-state index contributed by atoms with van der Waals surface area (Å²) in [5.74, 6) is -0.543. The summed E-state index contributed by atoms with van der Waals surface area (Å²) < 4.78 is 5.24. The molecule has 0 saturated carbocycles. The molecule has 1 heterocycles. The predicted octanol–water partition coefficient (Wildman–Crippen LogP) is 3.40. The molecule has 0 radical (unpaired) electrons. The molecule has 0 aromatic heterocycles. The summed E-state index contributed by atoms with van der Waals surface area (Å²) in [6.07, 6.45) is 1.44. The highest BCUT2D eigenvalue weighted by molar-refractivity contribution is 6.33. The highest BCUT2D eigenvalue weighted by Crippen LogP contribution is 2.33. The number of amides is 1. The molecule has 0 aliphatic carbocycles. The Balaban J connectivity index is 1.85. The minimum atomic E-state index is -0.416. The number of halogens is 1. The Morgan fingerprint density at radius 2 is 2.15 bits per heavy atom. The summed E-state index contributed by atoms with van der Waals surface area (Å²) in [5, 5.41) is 3.25. The third kappa shape index (κ3) is 3.73. The Morgan fingerprint density at radius 1 is 1.45 bits per heavy atom. The second-order valence-corrected chi connectivity index (χ2v) is 6.06. The third-order valence-corrected chi connectivity index (χ3v) is 3.65. The summed E-state index contributed by atoms with van der Waals surface area (Å²) in [5.41, 5.74) is 0.175.